The van der Waals surface area contributed by atoms with Gasteiger partial charge >= 0.3 is 0 Å². The van der Waals surface area contributed by atoms with E-state index in [2.05, 4.69) is 5.32 Å². The summed E-state index contributed by atoms with van der Waals surface area (Å²) >= 11 is 6.17. The van der Waals surface area contributed by atoms with Gasteiger partial charge in [-0.05, 0) is 61.6 Å². The van der Waals surface area contributed by atoms with Crippen LogP contribution in [-0.2, 0) is 22.6 Å². The van der Waals surface area contributed by atoms with Gasteiger partial charge in [0.1, 0.15) is 19.3 Å². The van der Waals surface area contributed by atoms with E-state index in [1.807, 2.05) is 43.3 Å². The summed E-state index contributed by atoms with van der Waals surface area (Å²) in [5.41, 5.74) is 1.90. The Labute approximate surface area is 206 Å². The Kier molecular flexibility index (Phi) is 8.33. The van der Waals surface area contributed by atoms with Crippen LogP contribution in [0.1, 0.15) is 56.6 Å². The molecule has 0 radical (unpaired) electrons. The molecule has 2 amide bonds. The molecule has 1 aliphatic heterocycles. The van der Waals surface area contributed by atoms with Crippen LogP contribution in [0.3, 0.4) is 0 Å². The first-order valence-corrected chi connectivity index (χ1v) is 12.6. The number of ether oxygens (including phenoxy) is 2. The Hall–Kier alpha value is -2.73. The molecule has 0 bridgehead atoms. The summed E-state index contributed by atoms with van der Waals surface area (Å²) in [6.45, 7) is 3.21. The largest absolute Gasteiger partial charge is 0.486 e. The van der Waals surface area contributed by atoms with Crippen molar-refractivity contribution in [3.05, 3.63) is 58.6 Å². The SMILES string of the molecule is C[C@@H](C(=O)NC1CCCCC1)N(Cc1cccc(Cl)c1)C(=O)CCc1ccc2c(c1)OCCO2. The molecule has 2 aliphatic rings. The first-order valence-electron chi connectivity index (χ1n) is 12.2. The van der Waals surface area contributed by atoms with E-state index in [1.54, 1.807) is 11.0 Å². The number of benzene rings is 2. The normalized spacial score (nSPS) is 16.5. The van der Waals surface area contributed by atoms with Crippen molar-refractivity contribution in [1.82, 2.24) is 10.2 Å². The second-order valence-electron chi connectivity index (χ2n) is 9.15. The molecule has 1 atom stereocenters. The van der Waals surface area contributed by atoms with Crippen LogP contribution in [0.5, 0.6) is 11.5 Å². The molecule has 2 aromatic carbocycles. The van der Waals surface area contributed by atoms with Crippen molar-refractivity contribution in [3.8, 4) is 11.5 Å². The van der Waals surface area contributed by atoms with Crippen LogP contribution >= 0.6 is 11.6 Å². The predicted molar refractivity (Wildman–Crippen MR) is 132 cm³/mol. The Morgan fingerprint density at radius 2 is 1.79 bits per heavy atom. The van der Waals surface area contributed by atoms with Crippen molar-refractivity contribution in [2.45, 2.75) is 70.5 Å². The third-order valence-corrected chi connectivity index (χ3v) is 6.83. The van der Waals surface area contributed by atoms with Crippen LogP contribution in [0.25, 0.3) is 0 Å². The molecule has 1 N–H and O–H groups in total. The van der Waals surface area contributed by atoms with Gasteiger partial charge in [-0.15, -0.1) is 0 Å². The van der Waals surface area contributed by atoms with Crippen molar-refractivity contribution >= 4 is 23.4 Å². The maximum Gasteiger partial charge on any atom is 0.242 e. The molecule has 0 spiro atoms. The number of nitrogens with zero attached hydrogens (tertiary/aromatic N) is 1. The Morgan fingerprint density at radius 3 is 2.56 bits per heavy atom. The van der Waals surface area contributed by atoms with E-state index < -0.39 is 6.04 Å². The Bertz CT molecular complexity index is 1010. The lowest BCUT2D eigenvalue weighted by Crippen LogP contribution is -2.50. The zero-order valence-corrected chi connectivity index (χ0v) is 20.5. The topological polar surface area (TPSA) is 67.9 Å². The van der Waals surface area contributed by atoms with Crippen LogP contribution in [0, 0.1) is 0 Å². The fourth-order valence-electron chi connectivity index (χ4n) is 4.62. The molecule has 34 heavy (non-hydrogen) atoms. The molecule has 182 valence electrons. The lowest BCUT2D eigenvalue weighted by molar-refractivity contribution is -0.141. The number of nitrogens with one attached hydrogen (secondary N) is 1. The fraction of sp³-hybridized carbons (Fsp3) is 0.481. The van der Waals surface area contributed by atoms with Crippen molar-refractivity contribution in [2.75, 3.05) is 13.2 Å². The van der Waals surface area contributed by atoms with Gasteiger partial charge in [0.05, 0.1) is 0 Å². The molecule has 2 aromatic rings. The summed E-state index contributed by atoms with van der Waals surface area (Å²) in [6, 6.07) is 12.8. The quantitative estimate of drug-likeness (QED) is 0.578. The minimum Gasteiger partial charge on any atom is -0.486 e. The fourth-order valence-corrected chi connectivity index (χ4v) is 4.83. The van der Waals surface area contributed by atoms with Gasteiger partial charge in [-0.2, -0.15) is 0 Å². The van der Waals surface area contributed by atoms with Gasteiger partial charge in [0, 0.05) is 24.0 Å². The first kappa shape index (κ1) is 24.4. The Balaban J connectivity index is 1.44. The highest BCUT2D eigenvalue weighted by atomic mass is 35.5. The number of hydrogen-bond acceptors (Lipinski definition) is 4. The number of carbonyl (C=O) groups is 2. The second-order valence-corrected chi connectivity index (χ2v) is 9.59. The lowest BCUT2D eigenvalue weighted by Gasteiger charge is -2.31. The zero-order chi connectivity index (χ0) is 23.9. The Morgan fingerprint density at radius 1 is 1.03 bits per heavy atom. The van der Waals surface area contributed by atoms with Crippen LogP contribution in [0.4, 0.5) is 0 Å². The summed E-state index contributed by atoms with van der Waals surface area (Å²) in [5, 5.41) is 3.78. The third kappa shape index (κ3) is 6.44. The standard InChI is InChI=1S/C27H33ClN2O4/c1-19(27(32)29-23-8-3-2-4-9-23)30(18-21-6-5-7-22(28)16-21)26(31)13-11-20-10-12-24-25(17-20)34-15-14-33-24/h5-7,10,12,16-17,19,23H,2-4,8-9,11,13-15,18H2,1H3,(H,29,32)/t19-/m0/s1. The maximum atomic E-state index is 13.4. The number of fused-ring (bicyclic) bond motifs is 1. The van der Waals surface area contributed by atoms with Crippen LogP contribution in [-0.4, -0.2) is 42.0 Å². The molecule has 1 saturated carbocycles. The molecule has 0 unspecified atom stereocenters. The molecular weight excluding hydrogens is 452 g/mol. The van der Waals surface area contributed by atoms with Crippen molar-refractivity contribution in [3.63, 3.8) is 0 Å². The van der Waals surface area contributed by atoms with E-state index in [1.165, 1.54) is 6.42 Å². The highest BCUT2D eigenvalue weighted by molar-refractivity contribution is 6.30. The third-order valence-electron chi connectivity index (χ3n) is 6.59. The number of halogens is 1. The van der Waals surface area contributed by atoms with E-state index in [9.17, 15) is 9.59 Å². The molecule has 1 aliphatic carbocycles. The number of hydrogen-bond donors (Lipinski definition) is 1. The first-order chi connectivity index (χ1) is 16.5. The summed E-state index contributed by atoms with van der Waals surface area (Å²) in [7, 11) is 0. The average Bonchev–Trinajstić information content (AvgIpc) is 2.86. The van der Waals surface area contributed by atoms with E-state index in [0.29, 0.717) is 43.4 Å². The van der Waals surface area contributed by atoms with Crippen molar-refractivity contribution < 1.29 is 19.1 Å². The summed E-state index contributed by atoms with van der Waals surface area (Å²) in [6.07, 6.45) is 6.36. The van der Waals surface area contributed by atoms with Crippen molar-refractivity contribution in [1.29, 1.82) is 0 Å². The van der Waals surface area contributed by atoms with Crippen molar-refractivity contribution in [2.24, 2.45) is 0 Å². The van der Waals surface area contributed by atoms with E-state index in [4.69, 9.17) is 21.1 Å². The highest BCUT2D eigenvalue weighted by Crippen LogP contribution is 2.31. The van der Waals surface area contributed by atoms with Crippen LogP contribution in [0.2, 0.25) is 5.02 Å². The van der Waals surface area contributed by atoms with E-state index >= 15 is 0 Å². The van der Waals surface area contributed by atoms with Gasteiger partial charge < -0.3 is 19.7 Å². The molecule has 6 nitrogen and oxygen atoms in total. The lowest BCUT2D eigenvalue weighted by atomic mass is 9.95. The summed E-state index contributed by atoms with van der Waals surface area (Å²) < 4.78 is 11.2. The molecule has 0 aromatic heterocycles. The number of carbonyl (C=O) groups excluding carboxylic acids is 2. The van der Waals surface area contributed by atoms with Gasteiger partial charge in [-0.25, -0.2) is 0 Å². The summed E-state index contributed by atoms with van der Waals surface area (Å²) in [4.78, 5) is 28.1. The van der Waals surface area contributed by atoms with Gasteiger partial charge in [0.15, 0.2) is 11.5 Å². The van der Waals surface area contributed by atoms with Crippen LogP contribution in [0.15, 0.2) is 42.5 Å². The van der Waals surface area contributed by atoms with Crippen LogP contribution < -0.4 is 14.8 Å². The smallest absolute Gasteiger partial charge is 0.242 e. The molecule has 4 rings (SSSR count). The zero-order valence-electron chi connectivity index (χ0n) is 19.7. The van der Waals surface area contributed by atoms with Gasteiger partial charge in [-0.3, -0.25) is 9.59 Å². The molecule has 0 saturated heterocycles. The average molecular weight is 485 g/mol. The highest BCUT2D eigenvalue weighted by Gasteiger charge is 2.28. The molecule has 1 fully saturated rings. The second kappa shape index (κ2) is 11.6. The molecule has 7 heteroatoms. The number of amides is 2. The predicted octanol–water partition coefficient (Wildman–Crippen LogP) is 4.91. The minimum atomic E-state index is -0.575. The number of aryl methyl sites for hydroxylation is 1. The monoisotopic (exact) mass is 484 g/mol. The van der Waals surface area contributed by atoms with Gasteiger partial charge in [-0.1, -0.05) is 49.1 Å². The van der Waals surface area contributed by atoms with E-state index in [-0.39, 0.29) is 17.9 Å². The molecular formula is C27H33ClN2O4. The van der Waals surface area contributed by atoms with Gasteiger partial charge in [0.25, 0.3) is 0 Å². The minimum absolute atomic E-state index is 0.0684. The maximum absolute atomic E-state index is 13.4. The van der Waals surface area contributed by atoms with Gasteiger partial charge in [0.2, 0.25) is 11.8 Å². The molecule has 1 heterocycles. The number of rotatable bonds is 8. The van der Waals surface area contributed by atoms with E-state index in [0.717, 1.165) is 42.6 Å². The summed E-state index contributed by atoms with van der Waals surface area (Å²) in [5.74, 6) is 1.28.